The van der Waals surface area contributed by atoms with Crippen LogP contribution in [-0.4, -0.2) is 32.0 Å². The minimum absolute atomic E-state index is 0.112. The molecule has 1 aromatic carbocycles. The second kappa shape index (κ2) is 5.58. The molecule has 3 rings (SSSR count). The first kappa shape index (κ1) is 12.4. The Kier molecular flexibility index (Phi) is 3.47. The van der Waals surface area contributed by atoms with Crippen LogP contribution in [0.3, 0.4) is 0 Å². The number of aromatic nitrogens is 5. The molecule has 100 valence electrons. The topological polar surface area (TPSA) is 68.5 Å². The average Bonchev–Trinajstić information content (AvgIpc) is 2.99. The maximum atomic E-state index is 4.35. The van der Waals surface area contributed by atoms with Gasteiger partial charge in [-0.15, -0.1) is 5.10 Å². The van der Waals surface area contributed by atoms with Gasteiger partial charge in [0.05, 0.1) is 35.5 Å². The Morgan fingerprint density at radius 2 is 1.95 bits per heavy atom. The highest BCUT2D eigenvalue weighted by Crippen LogP contribution is 2.20. The van der Waals surface area contributed by atoms with Gasteiger partial charge in [0.15, 0.2) is 0 Å². The molecule has 0 aliphatic carbocycles. The summed E-state index contributed by atoms with van der Waals surface area (Å²) in [5.74, 6) is 0. The zero-order chi connectivity index (χ0) is 13.8. The van der Waals surface area contributed by atoms with Crippen LogP contribution in [0.5, 0.6) is 0 Å². The third-order valence-electron chi connectivity index (χ3n) is 3.04. The SMILES string of the molecule is CNC(c1cnccn1)c1cnnn1-c1ccccc1. The van der Waals surface area contributed by atoms with E-state index in [1.807, 2.05) is 37.4 Å². The monoisotopic (exact) mass is 266 g/mol. The van der Waals surface area contributed by atoms with Crippen LogP contribution >= 0.6 is 0 Å². The van der Waals surface area contributed by atoms with Gasteiger partial charge in [-0.1, -0.05) is 23.4 Å². The van der Waals surface area contributed by atoms with Crippen molar-refractivity contribution in [3.8, 4) is 5.69 Å². The molecule has 6 heteroatoms. The maximum absolute atomic E-state index is 4.35. The molecule has 2 aromatic heterocycles. The second-order valence-electron chi connectivity index (χ2n) is 4.26. The van der Waals surface area contributed by atoms with Gasteiger partial charge in [0.2, 0.25) is 0 Å². The standard InChI is InChI=1S/C14H14N6/c1-15-14(12-9-16-7-8-17-12)13-10-18-19-20(13)11-5-3-2-4-6-11/h2-10,14-15H,1H3. The Hall–Kier alpha value is -2.60. The molecule has 0 radical (unpaired) electrons. The lowest BCUT2D eigenvalue weighted by molar-refractivity contribution is 0.616. The van der Waals surface area contributed by atoms with E-state index in [0.717, 1.165) is 17.1 Å². The molecule has 6 nitrogen and oxygen atoms in total. The highest BCUT2D eigenvalue weighted by molar-refractivity contribution is 5.33. The normalized spacial score (nSPS) is 12.2. The molecule has 1 N–H and O–H groups in total. The number of nitrogens with one attached hydrogen (secondary N) is 1. The maximum Gasteiger partial charge on any atom is 0.0956 e. The van der Waals surface area contributed by atoms with Crippen LogP contribution in [0.2, 0.25) is 0 Å². The number of nitrogens with zero attached hydrogens (tertiary/aromatic N) is 5. The number of hydrogen-bond acceptors (Lipinski definition) is 5. The summed E-state index contributed by atoms with van der Waals surface area (Å²) in [5.41, 5.74) is 2.71. The molecule has 20 heavy (non-hydrogen) atoms. The molecule has 2 heterocycles. The van der Waals surface area contributed by atoms with Crippen LogP contribution in [0.1, 0.15) is 17.4 Å². The summed E-state index contributed by atoms with van der Waals surface area (Å²) in [6, 6.07) is 9.77. The molecule has 0 saturated carbocycles. The van der Waals surface area contributed by atoms with E-state index in [1.165, 1.54) is 0 Å². The van der Waals surface area contributed by atoms with E-state index in [0.29, 0.717) is 0 Å². The van der Waals surface area contributed by atoms with Crippen molar-refractivity contribution in [1.29, 1.82) is 0 Å². The molecular weight excluding hydrogens is 252 g/mol. The van der Waals surface area contributed by atoms with Crippen LogP contribution in [-0.2, 0) is 0 Å². The minimum Gasteiger partial charge on any atom is -0.307 e. The molecule has 1 unspecified atom stereocenters. The van der Waals surface area contributed by atoms with Gasteiger partial charge in [-0.05, 0) is 19.2 Å². The lowest BCUT2D eigenvalue weighted by atomic mass is 10.1. The number of para-hydroxylation sites is 1. The molecule has 0 bridgehead atoms. The highest BCUT2D eigenvalue weighted by Gasteiger charge is 2.19. The van der Waals surface area contributed by atoms with Gasteiger partial charge in [-0.25, -0.2) is 4.68 Å². The van der Waals surface area contributed by atoms with Crippen LogP contribution in [0.15, 0.2) is 55.1 Å². The average molecular weight is 266 g/mol. The zero-order valence-electron chi connectivity index (χ0n) is 11.0. The lowest BCUT2D eigenvalue weighted by Gasteiger charge is -2.16. The number of benzene rings is 1. The van der Waals surface area contributed by atoms with Gasteiger partial charge >= 0.3 is 0 Å². The van der Waals surface area contributed by atoms with E-state index in [9.17, 15) is 0 Å². The summed E-state index contributed by atoms with van der Waals surface area (Å²) in [6.07, 6.45) is 6.81. The van der Waals surface area contributed by atoms with Gasteiger partial charge in [0.1, 0.15) is 0 Å². The highest BCUT2D eigenvalue weighted by atomic mass is 15.4. The van der Waals surface area contributed by atoms with Gasteiger partial charge in [-0.2, -0.15) is 0 Å². The van der Waals surface area contributed by atoms with E-state index in [-0.39, 0.29) is 6.04 Å². The predicted octanol–water partition coefficient (Wildman–Crippen LogP) is 1.37. The van der Waals surface area contributed by atoms with Crippen LogP contribution in [0.4, 0.5) is 0 Å². The van der Waals surface area contributed by atoms with Gasteiger partial charge in [0, 0.05) is 12.4 Å². The van der Waals surface area contributed by atoms with Gasteiger partial charge in [0.25, 0.3) is 0 Å². The number of hydrogen-bond donors (Lipinski definition) is 1. The Balaban J connectivity index is 2.04. The number of rotatable bonds is 4. The largest absolute Gasteiger partial charge is 0.307 e. The third kappa shape index (κ3) is 2.28. The van der Waals surface area contributed by atoms with Crippen molar-refractivity contribution in [2.75, 3.05) is 7.05 Å². The molecule has 0 aliphatic rings. The van der Waals surface area contributed by atoms with Crippen molar-refractivity contribution in [1.82, 2.24) is 30.3 Å². The molecule has 3 aromatic rings. The molecule has 1 atom stereocenters. The van der Waals surface area contributed by atoms with Crippen molar-refractivity contribution in [3.05, 3.63) is 66.5 Å². The fourth-order valence-corrected chi connectivity index (χ4v) is 2.12. The summed E-state index contributed by atoms with van der Waals surface area (Å²) in [5, 5.41) is 11.4. The third-order valence-corrected chi connectivity index (χ3v) is 3.04. The van der Waals surface area contributed by atoms with Crippen LogP contribution in [0, 0.1) is 0 Å². The summed E-state index contributed by atoms with van der Waals surface area (Å²) < 4.78 is 1.80. The Morgan fingerprint density at radius 1 is 1.10 bits per heavy atom. The van der Waals surface area contributed by atoms with E-state index in [1.54, 1.807) is 29.5 Å². The summed E-state index contributed by atoms with van der Waals surface area (Å²) in [4.78, 5) is 8.46. The van der Waals surface area contributed by atoms with Gasteiger partial charge in [-0.3, -0.25) is 9.97 Å². The molecule has 0 fully saturated rings. The molecule has 0 spiro atoms. The summed E-state index contributed by atoms with van der Waals surface area (Å²) >= 11 is 0. The molecule has 0 saturated heterocycles. The Morgan fingerprint density at radius 3 is 2.65 bits per heavy atom. The van der Waals surface area contributed by atoms with Crippen molar-refractivity contribution in [3.63, 3.8) is 0 Å². The Labute approximate surface area is 116 Å². The van der Waals surface area contributed by atoms with E-state index in [2.05, 4.69) is 25.6 Å². The van der Waals surface area contributed by atoms with Crippen molar-refractivity contribution < 1.29 is 0 Å². The van der Waals surface area contributed by atoms with E-state index < -0.39 is 0 Å². The lowest BCUT2D eigenvalue weighted by Crippen LogP contribution is -2.22. The van der Waals surface area contributed by atoms with Crippen molar-refractivity contribution in [2.45, 2.75) is 6.04 Å². The minimum atomic E-state index is -0.112. The molecule has 0 aliphatic heterocycles. The predicted molar refractivity (Wildman–Crippen MR) is 74.3 cm³/mol. The first-order chi connectivity index (χ1) is 9.90. The first-order valence-electron chi connectivity index (χ1n) is 6.29. The summed E-state index contributed by atoms with van der Waals surface area (Å²) in [6.45, 7) is 0. The second-order valence-corrected chi connectivity index (χ2v) is 4.26. The molecular formula is C14H14N6. The van der Waals surface area contributed by atoms with Crippen molar-refractivity contribution >= 4 is 0 Å². The van der Waals surface area contributed by atoms with Gasteiger partial charge < -0.3 is 5.32 Å². The zero-order valence-corrected chi connectivity index (χ0v) is 11.0. The Bertz CT molecular complexity index is 664. The van der Waals surface area contributed by atoms with E-state index in [4.69, 9.17) is 0 Å². The van der Waals surface area contributed by atoms with Crippen LogP contribution in [0.25, 0.3) is 5.69 Å². The fraction of sp³-hybridized carbons (Fsp3) is 0.143. The fourth-order valence-electron chi connectivity index (χ4n) is 2.12. The summed E-state index contributed by atoms with van der Waals surface area (Å²) in [7, 11) is 1.88. The van der Waals surface area contributed by atoms with Crippen molar-refractivity contribution in [2.24, 2.45) is 0 Å². The smallest absolute Gasteiger partial charge is 0.0956 e. The quantitative estimate of drug-likeness (QED) is 0.772. The first-order valence-corrected chi connectivity index (χ1v) is 6.29. The van der Waals surface area contributed by atoms with E-state index >= 15 is 0 Å². The van der Waals surface area contributed by atoms with Crippen LogP contribution < -0.4 is 5.32 Å². The molecule has 0 amide bonds.